The minimum absolute atomic E-state index is 0.0625. The van der Waals surface area contributed by atoms with Gasteiger partial charge in [-0.15, -0.1) is 0 Å². The summed E-state index contributed by atoms with van der Waals surface area (Å²) >= 11 is 0. The van der Waals surface area contributed by atoms with E-state index in [-0.39, 0.29) is 11.8 Å². The zero-order valence-electron chi connectivity index (χ0n) is 21.0. The van der Waals surface area contributed by atoms with Gasteiger partial charge in [-0.1, -0.05) is 24.6 Å². The van der Waals surface area contributed by atoms with Crippen LogP contribution in [0.25, 0.3) is 16.7 Å². The number of pyridine rings is 1. The normalized spacial score (nSPS) is 18.2. The van der Waals surface area contributed by atoms with Crippen molar-refractivity contribution in [3.05, 3.63) is 47.8 Å². The van der Waals surface area contributed by atoms with Gasteiger partial charge in [0, 0.05) is 26.1 Å². The van der Waals surface area contributed by atoms with Crippen LogP contribution in [0.3, 0.4) is 0 Å². The number of amides is 1. The number of hydrogen-bond donors (Lipinski definition) is 1. The number of carbonyl (C=O) groups excluding carboxylic acids is 1. The summed E-state index contributed by atoms with van der Waals surface area (Å²) in [4.78, 5) is 19.9. The van der Waals surface area contributed by atoms with Gasteiger partial charge in [0.05, 0.1) is 34.8 Å². The number of fused-ring (bicyclic) bond motifs is 1. The number of methoxy groups -OCH3 is 1. The Hall–Kier alpha value is -2.98. The van der Waals surface area contributed by atoms with Crippen molar-refractivity contribution in [2.75, 3.05) is 31.4 Å². The third-order valence-corrected chi connectivity index (χ3v) is 8.12. The number of para-hydroxylation sites is 1. The smallest absolute Gasteiger partial charge is 0.283 e. The Kier molecular flexibility index (Phi) is 6.74. The fraction of sp³-hybridized carbons (Fsp3) is 0.500. The molecule has 1 N–H and O–H groups in total. The molecule has 0 bridgehead atoms. The highest BCUT2D eigenvalue weighted by Gasteiger charge is 2.32. The molecule has 1 aliphatic carbocycles. The molecular weight excluding hydrogens is 478 g/mol. The average Bonchev–Trinajstić information content (AvgIpc) is 3.20. The third-order valence-electron chi connectivity index (χ3n) is 7.56. The molecule has 9 nitrogen and oxygen atoms in total. The first-order chi connectivity index (χ1) is 17.2. The van der Waals surface area contributed by atoms with Gasteiger partial charge < -0.3 is 9.64 Å². The zero-order valence-corrected chi connectivity index (χ0v) is 21.8. The van der Waals surface area contributed by atoms with Crippen molar-refractivity contribution < 1.29 is 17.9 Å². The van der Waals surface area contributed by atoms with Gasteiger partial charge in [0.15, 0.2) is 5.65 Å². The second-order valence-electron chi connectivity index (χ2n) is 9.95. The Morgan fingerprint density at radius 3 is 2.42 bits per heavy atom. The van der Waals surface area contributed by atoms with Gasteiger partial charge in [-0.25, -0.2) is 22.8 Å². The summed E-state index contributed by atoms with van der Waals surface area (Å²) in [6.07, 6.45) is 6.41. The minimum Gasteiger partial charge on any atom is -0.381 e. The predicted molar refractivity (Wildman–Crippen MR) is 139 cm³/mol. The number of nitrogens with one attached hydrogen (secondary N) is 1. The van der Waals surface area contributed by atoms with Crippen LogP contribution in [0.1, 0.15) is 61.1 Å². The van der Waals surface area contributed by atoms with E-state index in [0.29, 0.717) is 17.5 Å². The van der Waals surface area contributed by atoms with Crippen LogP contribution in [-0.4, -0.2) is 61.6 Å². The topological polar surface area (TPSA) is 106 Å². The quantitative estimate of drug-likeness (QED) is 0.516. The van der Waals surface area contributed by atoms with Crippen LogP contribution >= 0.6 is 0 Å². The van der Waals surface area contributed by atoms with E-state index in [1.807, 2.05) is 30.3 Å². The molecule has 10 heteroatoms. The van der Waals surface area contributed by atoms with Gasteiger partial charge >= 0.3 is 0 Å². The van der Waals surface area contributed by atoms with Crippen molar-refractivity contribution in [3.63, 3.8) is 0 Å². The summed E-state index contributed by atoms with van der Waals surface area (Å²) < 4.78 is 33.1. The number of nitrogens with zero attached hydrogens (tertiary/aromatic N) is 4. The first-order valence-corrected chi connectivity index (χ1v) is 14.4. The monoisotopic (exact) mass is 511 g/mol. The molecule has 2 aliphatic rings. The molecule has 1 saturated heterocycles. The standard InChI is InChI=1S/C26H33N5O4S/c1-17(35-2)18-12-14-30(15-13-18)22-16-21(26(32)29-36(3,33)34)27-25-23(22)24(19-8-7-9-19)28-31(25)20-10-5-4-6-11-20/h4-6,10-11,16-19H,7-9,12-15H2,1-3H3,(H,29,32). The molecule has 2 aromatic heterocycles. The molecule has 36 heavy (non-hydrogen) atoms. The predicted octanol–water partition coefficient (Wildman–Crippen LogP) is 3.63. The molecule has 2 fully saturated rings. The van der Waals surface area contributed by atoms with Crippen LogP contribution in [0, 0.1) is 5.92 Å². The number of anilines is 1. The lowest BCUT2D eigenvalue weighted by Crippen LogP contribution is -2.38. The van der Waals surface area contributed by atoms with E-state index in [4.69, 9.17) is 9.84 Å². The van der Waals surface area contributed by atoms with Gasteiger partial charge in [0.25, 0.3) is 5.91 Å². The molecule has 1 saturated carbocycles. The fourth-order valence-corrected chi connectivity index (χ4v) is 5.67. The first-order valence-electron chi connectivity index (χ1n) is 12.5. The number of rotatable bonds is 7. The van der Waals surface area contributed by atoms with E-state index in [0.717, 1.165) is 67.5 Å². The molecule has 1 aliphatic heterocycles. The molecule has 1 aromatic carbocycles. The van der Waals surface area contributed by atoms with E-state index < -0.39 is 15.9 Å². The summed E-state index contributed by atoms with van der Waals surface area (Å²) in [7, 11) is -1.99. The maximum absolute atomic E-state index is 13.0. The molecular formula is C26H33N5O4S. The van der Waals surface area contributed by atoms with Gasteiger partial charge in [-0.3, -0.25) is 4.79 Å². The lowest BCUT2D eigenvalue weighted by Gasteiger charge is -2.36. The number of piperidine rings is 1. The summed E-state index contributed by atoms with van der Waals surface area (Å²) in [5.74, 6) is 0.0732. The van der Waals surface area contributed by atoms with Crippen molar-refractivity contribution >= 4 is 32.7 Å². The third kappa shape index (κ3) is 4.84. The summed E-state index contributed by atoms with van der Waals surface area (Å²) in [6.45, 7) is 3.73. The van der Waals surface area contributed by atoms with Crippen LogP contribution in [0.4, 0.5) is 5.69 Å². The second kappa shape index (κ2) is 9.82. The Bertz CT molecular complexity index is 1360. The van der Waals surface area contributed by atoms with Crippen LogP contribution in [0.5, 0.6) is 0 Å². The highest BCUT2D eigenvalue weighted by molar-refractivity contribution is 7.89. The van der Waals surface area contributed by atoms with E-state index >= 15 is 0 Å². The van der Waals surface area contributed by atoms with Crippen LogP contribution < -0.4 is 9.62 Å². The Morgan fingerprint density at radius 1 is 1.14 bits per heavy atom. The Morgan fingerprint density at radius 2 is 1.83 bits per heavy atom. The van der Waals surface area contributed by atoms with Crippen molar-refractivity contribution in [2.24, 2.45) is 5.92 Å². The van der Waals surface area contributed by atoms with Gasteiger partial charge in [0.2, 0.25) is 10.0 Å². The number of ether oxygens (including phenoxy) is 1. The maximum atomic E-state index is 13.0. The van der Waals surface area contributed by atoms with Gasteiger partial charge in [-0.05, 0) is 56.7 Å². The molecule has 3 aromatic rings. The highest BCUT2D eigenvalue weighted by Crippen LogP contribution is 2.43. The summed E-state index contributed by atoms with van der Waals surface area (Å²) in [5.41, 5.74) is 3.38. The number of aromatic nitrogens is 3. The molecule has 192 valence electrons. The lowest BCUT2D eigenvalue weighted by molar-refractivity contribution is 0.0564. The van der Waals surface area contributed by atoms with Crippen LogP contribution in [0.15, 0.2) is 36.4 Å². The van der Waals surface area contributed by atoms with E-state index in [1.165, 1.54) is 6.42 Å². The van der Waals surface area contributed by atoms with E-state index in [2.05, 4.69) is 21.5 Å². The Labute approximate surface area is 211 Å². The van der Waals surface area contributed by atoms with E-state index in [9.17, 15) is 13.2 Å². The Balaban J connectivity index is 1.67. The van der Waals surface area contributed by atoms with Gasteiger partial charge in [-0.2, -0.15) is 5.10 Å². The first kappa shape index (κ1) is 24.7. The van der Waals surface area contributed by atoms with Crippen molar-refractivity contribution in [3.8, 4) is 5.69 Å². The SMILES string of the molecule is COC(C)C1CCN(c2cc(C(=O)NS(C)(=O)=O)nc3c2c(C2CCC2)nn3-c2ccccc2)CC1. The molecule has 1 atom stereocenters. The maximum Gasteiger partial charge on any atom is 0.283 e. The van der Waals surface area contributed by atoms with Crippen molar-refractivity contribution in [1.82, 2.24) is 19.5 Å². The average molecular weight is 512 g/mol. The minimum atomic E-state index is -3.74. The summed E-state index contributed by atoms with van der Waals surface area (Å²) in [5, 5.41) is 5.98. The number of benzene rings is 1. The van der Waals surface area contributed by atoms with E-state index in [1.54, 1.807) is 17.9 Å². The molecule has 0 radical (unpaired) electrons. The zero-order chi connectivity index (χ0) is 25.4. The van der Waals surface area contributed by atoms with Crippen LogP contribution in [-0.2, 0) is 14.8 Å². The van der Waals surface area contributed by atoms with Crippen LogP contribution in [0.2, 0.25) is 0 Å². The molecule has 0 spiro atoms. The summed E-state index contributed by atoms with van der Waals surface area (Å²) in [6, 6.07) is 11.5. The highest BCUT2D eigenvalue weighted by atomic mass is 32.2. The number of sulfonamides is 1. The molecule has 5 rings (SSSR count). The number of hydrogen-bond acceptors (Lipinski definition) is 7. The fourth-order valence-electron chi connectivity index (χ4n) is 5.23. The van der Waals surface area contributed by atoms with Crippen molar-refractivity contribution in [1.29, 1.82) is 0 Å². The molecule has 3 heterocycles. The largest absolute Gasteiger partial charge is 0.381 e. The second-order valence-corrected chi connectivity index (χ2v) is 11.7. The molecule has 1 unspecified atom stereocenters. The number of carbonyl (C=O) groups is 1. The van der Waals surface area contributed by atoms with Gasteiger partial charge in [0.1, 0.15) is 5.69 Å². The molecule has 1 amide bonds. The van der Waals surface area contributed by atoms with Crippen molar-refractivity contribution in [2.45, 2.75) is 51.0 Å². The lowest BCUT2D eigenvalue weighted by atomic mass is 9.81.